The van der Waals surface area contributed by atoms with E-state index in [1.807, 2.05) is 49.5 Å². The number of hydrogen-bond acceptors (Lipinski definition) is 8. The molecule has 2 N–H and O–H groups in total. The van der Waals surface area contributed by atoms with Crippen molar-refractivity contribution in [1.82, 2.24) is 24.8 Å². The number of rotatable bonds is 1. The normalized spacial score (nSPS) is 22.8. The van der Waals surface area contributed by atoms with Crippen molar-refractivity contribution in [3.8, 4) is 11.3 Å². The van der Waals surface area contributed by atoms with Gasteiger partial charge in [-0.2, -0.15) is 0 Å². The number of pyridine rings is 1. The number of amides is 1. The van der Waals surface area contributed by atoms with Crippen molar-refractivity contribution in [3.63, 3.8) is 0 Å². The molecule has 8 rings (SSSR count). The predicted molar refractivity (Wildman–Crippen MR) is 149 cm³/mol. The van der Waals surface area contributed by atoms with Crippen molar-refractivity contribution in [2.45, 2.75) is 31.7 Å². The SMILES string of the molecule is CN1CCCN(C)c2ccc(cn2)-c2ccnc(n2)Nc2cccc(c2)CC2CCN(CC1=O)C(CO)C2. The summed E-state index contributed by atoms with van der Waals surface area (Å²) in [4.78, 5) is 32.8. The molecule has 8 bridgehead atoms. The molecule has 200 valence electrons. The van der Waals surface area contributed by atoms with Crippen molar-refractivity contribution in [3.05, 3.63) is 60.4 Å². The van der Waals surface area contributed by atoms with Crippen molar-refractivity contribution in [2.24, 2.45) is 5.92 Å². The molecule has 0 saturated carbocycles. The number of likely N-dealkylation sites (N-methyl/N-ethyl adjacent to an activating group) is 1. The van der Waals surface area contributed by atoms with Gasteiger partial charge in [-0.25, -0.2) is 15.0 Å². The third-order valence-corrected chi connectivity index (χ3v) is 7.71. The van der Waals surface area contributed by atoms with Gasteiger partial charge in [-0.05, 0) is 74.0 Å². The van der Waals surface area contributed by atoms with Crippen LogP contribution in [0.4, 0.5) is 17.5 Å². The predicted octanol–water partition coefficient (Wildman–Crippen LogP) is 3.20. The molecule has 0 spiro atoms. The Kier molecular flexibility index (Phi) is 8.14. The fourth-order valence-electron chi connectivity index (χ4n) is 5.43. The largest absolute Gasteiger partial charge is 0.395 e. The van der Waals surface area contributed by atoms with Crippen molar-refractivity contribution >= 4 is 23.4 Å². The Hall–Kier alpha value is -3.56. The number of nitrogens with zero attached hydrogens (tertiary/aromatic N) is 6. The maximum atomic E-state index is 13.0. The van der Waals surface area contributed by atoms with Gasteiger partial charge in [-0.3, -0.25) is 9.69 Å². The van der Waals surface area contributed by atoms with Gasteiger partial charge in [0.25, 0.3) is 0 Å². The third kappa shape index (κ3) is 6.28. The van der Waals surface area contributed by atoms with Crippen LogP contribution in [0, 0.1) is 5.92 Å². The fraction of sp³-hybridized carbons (Fsp3) is 0.448. The summed E-state index contributed by atoms with van der Waals surface area (Å²) in [7, 11) is 3.89. The summed E-state index contributed by atoms with van der Waals surface area (Å²) >= 11 is 0. The molecule has 7 heterocycles. The molecule has 9 heteroatoms. The first-order valence-corrected chi connectivity index (χ1v) is 13.4. The van der Waals surface area contributed by atoms with Crippen molar-refractivity contribution in [2.75, 3.05) is 57.1 Å². The van der Waals surface area contributed by atoms with Crippen molar-refractivity contribution in [1.29, 1.82) is 0 Å². The first-order chi connectivity index (χ1) is 18.5. The molecular formula is C29H37N7O2. The van der Waals surface area contributed by atoms with Gasteiger partial charge in [0, 0.05) is 56.9 Å². The topological polar surface area (TPSA) is 97.7 Å². The average molecular weight is 516 g/mol. The lowest BCUT2D eigenvalue weighted by Gasteiger charge is -2.39. The number of piperidine rings is 1. The van der Waals surface area contributed by atoms with Crippen LogP contribution in [-0.4, -0.2) is 88.7 Å². The number of nitrogens with one attached hydrogen (secondary N) is 1. The molecule has 0 aliphatic carbocycles. The summed E-state index contributed by atoms with van der Waals surface area (Å²) in [6, 6.07) is 14.3. The molecule has 1 fully saturated rings. The second-order valence-corrected chi connectivity index (χ2v) is 10.5. The Morgan fingerprint density at radius 1 is 1.05 bits per heavy atom. The molecule has 1 saturated heterocycles. The van der Waals surface area contributed by atoms with E-state index in [1.165, 1.54) is 5.56 Å². The summed E-state index contributed by atoms with van der Waals surface area (Å²) in [6.07, 6.45) is 7.26. The number of aliphatic hydroxyl groups is 1. The number of anilines is 3. The van der Waals surface area contributed by atoms with E-state index in [0.29, 0.717) is 25.0 Å². The molecule has 3 atom stereocenters. The molecule has 3 aromatic rings. The number of benzene rings is 1. The van der Waals surface area contributed by atoms with Crippen LogP contribution in [0.1, 0.15) is 24.8 Å². The third-order valence-electron chi connectivity index (χ3n) is 7.71. The monoisotopic (exact) mass is 515 g/mol. The number of hydrogen-bond donors (Lipinski definition) is 2. The maximum absolute atomic E-state index is 13.0. The molecular weight excluding hydrogens is 478 g/mol. The van der Waals surface area contributed by atoms with Gasteiger partial charge in [0.15, 0.2) is 0 Å². The van der Waals surface area contributed by atoms with E-state index in [1.54, 1.807) is 6.20 Å². The number of aliphatic hydroxyl groups excluding tert-OH is 1. The highest BCUT2D eigenvalue weighted by molar-refractivity contribution is 5.78. The number of carbonyl (C=O) groups is 1. The molecule has 38 heavy (non-hydrogen) atoms. The minimum absolute atomic E-state index is 0.00477. The Morgan fingerprint density at radius 3 is 2.74 bits per heavy atom. The van der Waals surface area contributed by atoms with Crippen LogP contribution in [0.3, 0.4) is 0 Å². The summed E-state index contributed by atoms with van der Waals surface area (Å²) in [5.41, 5.74) is 3.91. The number of carbonyl (C=O) groups excluding carboxylic acids is 1. The summed E-state index contributed by atoms with van der Waals surface area (Å²) in [5, 5.41) is 13.5. The highest BCUT2D eigenvalue weighted by atomic mass is 16.3. The van der Waals surface area contributed by atoms with Gasteiger partial charge in [0.2, 0.25) is 11.9 Å². The Labute approximate surface area is 224 Å². The molecule has 9 nitrogen and oxygen atoms in total. The van der Waals surface area contributed by atoms with Crippen LogP contribution >= 0.6 is 0 Å². The molecule has 3 unspecified atom stereocenters. The lowest BCUT2D eigenvalue weighted by atomic mass is 9.86. The standard InChI is InChI=1S/C29H37N7O2/c1-34-12-4-13-35(2)28(38)19-36-14-10-22(17-25(36)20-37)15-21-5-3-6-24(16-21)32-29-30-11-9-26(33-29)23-7-8-27(34)31-18-23/h3,5-9,11,16,18,22,25,37H,4,10,12-15,17,19-20H2,1-2H3,(H,30,32,33). The number of aromatic nitrogens is 3. The van der Waals surface area contributed by atoms with Gasteiger partial charge in [0.1, 0.15) is 5.82 Å². The second kappa shape index (κ2) is 11.9. The first kappa shape index (κ1) is 26.1. The van der Waals surface area contributed by atoms with Gasteiger partial charge >= 0.3 is 0 Å². The van der Waals surface area contributed by atoms with E-state index < -0.39 is 0 Å². The zero-order valence-electron chi connectivity index (χ0n) is 22.3. The Morgan fingerprint density at radius 2 is 1.92 bits per heavy atom. The van der Waals surface area contributed by atoms with Gasteiger partial charge < -0.3 is 20.2 Å². The zero-order chi connectivity index (χ0) is 26.5. The van der Waals surface area contributed by atoms with Gasteiger partial charge in [0.05, 0.1) is 18.8 Å². The second-order valence-electron chi connectivity index (χ2n) is 10.5. The highest BCUT2D eigenvalue weighted by Crippen LogP contribution is 2.28. The van der Waals surface area contributed by atoms with E-state index in [9.17, 15) is 9.90 Å². The first-order valence-electron chi connectivity index (χ1n) is 13.4. The van der Waals surface area contributed by atoms with Crippen LogP contribution < -0.4 is 10.2 Å². The quantitative estimate of drug-likeness (QED) is 0.510. The summed E-state index contributed by atoms with van der Waals surface area (Å²) < 4.78 is 0. The molecule has 1 amide bonds. The van der Waals surface area contributed by atoms with Gasteiger partial charge in [-0.1, -0.05) is 12.1 Å². The van der Waals surface area contributed by atoms with Crippen molar-refractivity contribution < 1.29 is 9.90 Å². The van der Waals surface area contributed by atoms with Crippen LogP contribution in [0.5, 0.6) is 0 Å². The van der Waals surface area contributed by atoms with E-state index in [4.69, 9.17) is 4.98 Å². The Bertz CT molecular complexity index is 1240. The minimum atomic E-state index is 0.00477. The molecule has 5 aliphatic heterocycles. The van der Waals surface area contributed by atoms with E-state index in [2.05, 4.69) is 43.3 Å². The molecule has 1 aromatic carbocycles. The van der Waals surface area contributed by atoms with E-state index >= 15 is 0 Å². The van der Waals surface area contributed by atoms with Crippen LogP contribution in [0.25, 0.3) is 11.3 Å². The fourth-order valence-corrected chi connectivity index (χ4v) is 5.43. The lowest BCUT2D eigenvalue weighted by Crippen LogP contribution is -2.49. The Balaban J connectivity index is 1.40. The average Bonchev–Trinajstić information content (AvgIpc) is 2.93. The molecule has 2 aromatic heterocycles. The van der Waals surface area contributed by atoms with Crippen LogP contribution in [0.15, 0.2) is 54.9 Å². The minimum Gasteiger partial charge on any atom is -0.395 e. The van der Waals surface area contributed by atoms with E-state index in [0.717, 1.165) is 61.5 Å². The van der Waals surface area contributed by atoms with Crippen LogP contribution in [-0.2, 0) is 11.2 Å². The highest BCUT2D eigenvalue weighted by Gasteiger charge is 2.30. The summed E-state index contributed by atoms with van der Waals surface area (Å²) in [6.45, 7) is 2.70. The summed E-state index contributed by atoms with van der Waals surface area (Å²) in [5.74, 6) is 1.98. The van der Waals surface area contributed by atoms with Crippen LogP contribution in [0.2, 0.25) is 0 Å². The smallest absolute Gasteiger partial charge is 0.236 e. The lowest BCUT2D eigenvalue weighted by molar-refractivity contribution is -0.132. The van der Waals surface area contributed by atoms with E-state index in [-0.39, 0.29) is 18.6 Å². The van der Waals surface area contributed by atoms with Gasteiger partial charge in [-0.15, -0.1) is 0 Å². The molecule has 0 radical (unpaired) electrons. The zero-order valence-corrected chi connectivity index (χ0v) is 22.3. The maximum Gasteiger partial charge on any atom is 0.236 e. The molecule has 5 aliphatic rings.